The van der Waals surface area contributed by atoms with Crippen LogP contribution in [0.5, 0.6) is 0 Å². The molecule has 0 saturated carbocycles. The third-order valence-electron chi connectivity index (χ3n) is 3.93. The Kier molecular flexibility index (Phi) is 2.19. The molecular formula is C14H19N. The molecule has 1 heterocycles. The summed E-state index contributed by atoms with van der Waals surface area (Å²) in [6.45, 7) is 3.45. The Morgan fingerprint density at radius 3 is 2.93 bits per heavy atom. The topological polar surface area (TPSA) is 12.0 Å². The van der Waals surface area contributed by atoms with E-state index in [2.05, 4.69) is 24.4 Å². The van der Waals surface area contributed by atoms with Gasteiger partial charge in [0.2, 0.25) is 0 Å². The maximum Gasteiger partial charge on any atom is 0.0411 e. The van der Waals surface area contributed by atoms with Gasteiger partial charge in [0.05, 0.1) is 0 Å². The molecule has 0 radical (unpaired) electrons. The van der Waals surface area contributed by atoms with Crippen LogP contribution in [0.1, 0.15) is 48.8 Å². The summed E-state index contributed by atoms with van der Waals surface area (Å²) in [5.74, 6) is 0.702. The average Bonchev–Trinajstić information content (AvgIpc) is 2.51. The summed E-state index contributed by atoms with van der Waals surface area (Å²) < 4.78 is 0. The predicted molar refractivity (Wildman–Crippen MR) is 64.6 cm³/mol. The smallest absolute Gasteiger partial charge is 0.0411 e. The van der Waals surface area contributed by atoms with Crippen LogP contribution in [0.2, 0.25) is 0 Å². The Hall–Kier alpha value is -0.980. The van der Waals surface area contributed by atoms with Crippen LogP contribution in [0.4, 0.5) is 5.69 Å². The highest BCUT2D eigenvalue weighted by atomic mass is 14.9. The van der Waals surface area contributed by atoms with Crippen LogP contribution in [0, 0.1) is 0 Å². The molecule has 0 spiro atoms. The van der Waals surface area contributed by atoms with Crippen LogP contribution in [0.15, 0.2) is 12.1 Å². The summed E-state index contributed by atoms with van der Waals surface area (Å²) >= 11 is 0. The zero-order chi connectivity index (χ0) is 10.3. The summed E-state index contributed by atoms with van der Waals surface area (Å²) in [6.07, 6.45) is 6.73. The largest absolute Gasteiger partial charge is 0.384 e. The molecule has 3 rings (SSSR count). The van der Waals surface area contributed by atoms with Crippen LogP contribution in [-0.2, 0) is 12.8 Å². The van der Waals surface area contributed by atoms with Crippen molar-refractivity contribution in [3.8, 4) is 0 Å². The van der Waals surface area contributed by atoms with Gasteiger partial charge in [0.15, 0.2) is 0 Å². The van der Waals surface area contributed by atoms with E-state index in [1.165, 1.54) is 37.8 Å². The van der Waals surface area contributed by atoms with Gasteiger partial charge >= 0.3 is 0 Å². The maximum atomic E-state index is 3.61. The maximum absolute atomic E-state index is 3.61. The molecular weight excluding hydrogens is 182 g/mol. The van der Waals surface area contributed by atoms with Crippen molar-refractivity contribution in [3.63, 3.8) is 0 Å². The molecule has 1 nitrogen and oxygen atoms in total. The summed E-state index contributed by atoms with van der Waals surface area (Å²) in [6, 6.07) is 4.73. The van der Waals surface area contributed by atoms with Crippen LogP contribution in [0.3, 0.4) is 0 Å². The fourth-order valence-electron chi connectivity index (χ4n) is 3.01. The Balaban J connectivity index is 2.11. The standard InChI is InChI=1S/C14H19N/c1-10-9-15-14-12(10)8-7-11-5-3-2-4-6-13(11)14/h7-8,10,15H,2-6,9H2,1H3. The normalized spacial score (nSPS) is 23.9. The van der Waals surface area contributed by atoms with Crippen molar-refractivity contribution in [2.75, 3.05) is 11.9 Å². The third-order valence-corrected chi connectivity index (χ3v) is 3.93. The second-order valence-electron chi connectivity index (χ2n) is 5.01. The molecule has 0 saturated heterocycles. The van der Waals surface area contributed by atoms with Gasteiger partial charge in [-0.2, -0.15) is 0 Å². The van der Waals surface area contributed by atoms with Gasteiger partial charge in [0.1, 0.15) is 0 Å². The molecule has 1 aliphatic carbocycles. The van der Waals surface area contributed by atoms with Crippen LogP contribution < -0.4 is 5.32 Å². The van der Waals surface area contributed by atoms with E-state index in [0.29, 0.717) is 5.92 Å². The van der Waals surface area contributed by atoms with Crippen molar-refractivity contribution < 1.29 is 0 Å². The van der Waals surface area contributed by atoms with Crippen LogP contribution in [0.25, 0.3) is 0 Å². The van der Waals surface area contributed by atoms with Crippen LogP contribution >= 0.6 is 0 Å². The van der Waals surface area contributed by atoms with E-state index in [1.807, 2.05) is 0 Å². The average molecular weight is 201 g/mol. The molecule has 15 heavy (non-hydrogen) atoms. The number of nitrogens with one attached hydrogen (secondary N) is 1. The van der Waals surface area contributed by atoms with Gasteiger partial charge in [-0.1, -0.05) is 25.5 Å². The lowest BCUT2D eigenvalue weighted by Gasteiger charge is -2.12. The van der Waals surface area contributed by atoms with E-state index in [9.17, 15) is 0 Å². The second-order valence-corrected chi connectivity index (χ2v) is 5.01. The SMILES string of the molecule is CC1CNc2c1ccc1c2CCCCC1. The van der Waals surface area contributed by atoms with E-state index in [4.69, 9.17) is 0 Å². The summed E-state index contributed by atoms with van der Waals surface area (Å²) in [5, 5.41) is 3.61. The first-order valence-corrected chi connectivity index (χ1v) is 6.25. The van der Waals surface area contributed by atoms with Gasteiger partial charge in [-0.05, 0) is 42.4 Å². The fourth-order valence-corrected chi connectivity index (χ4v) is 3.01. The minimum absolute atomic E-state index is 0.702. The zero-order valence-corrected chi connectivity index (χ0v) is 9.47. The van der Waals surface area contributed by atoms with Gasteiger partial charge in [0.25, 0.3) is 0 Å². The van der Waals surface area contributed by atoms with E-state index in [0.717, 1.165) is 6.54 Å². The molecule has 0 amide bonds. The highest BCUT2D eigenvalue weighted by molar-refractivity contribution is 5.65. The number of anilines is 1. The van der Waals surface area contributed by atoms with E-state index in [1.54, 1.807) is 16.7 Å². The number of rotatable bonds is 0. The number of fused-ring (bicyclic) bond motifs is 3. The Morgan fingerprint density at radius 2 is 2.00 bits per heavy atom. The van der Waals surface area contributed by atoms with Crippen molar-refractivity contribution >= 4 is 5.69 Å². The number of hydrogen-bond donors (Lipinski definition) is 1. The lowest BCUT2D eigenvalue weighted by atomic mass is 9.94. The molecule has 1 aliphatic heterocycles. The first-order chi connectivity index (χ1) is 7.36. The molecule has 1 N–H and O–H groups in total. The fraction of sp³-hybridized carbons (Fsp3) is 0.571. The molecule has 0 fully saturated rings. The second kappa shape index (κ2) is 3.55. The molecule has 1 atom stereocenters. The molecule has 2 aliphatic rings. The molecule has 0 aromatic heterocycles. The van der Waals surface area contributed by atoms with Gasteiger partial charge in [-0.3, -0.25) is 0 Å². The Labute approximate surface area is 91.9 Å². The van der Waals surface area contributed by atoms with Crippen molar-refractivity contribution in [2.45, 2.75) is 44.9 Å². The summed E-state index contributed by atoms with van der Waals surface area (Å²) in [7, 11) is 0. The third kappa shape index (κ3) is 1.45. The van der Waals surface area contributed by atoms with Crippen molar-refractivity contribution in [1.29, 1.82) is 0 Å². The minimum atomic E-state index is 0.702. The summed E-state index contributed by atoms with van der Waals surface area (Å²) in [5.41, 5.74) is 6.28. The Bertz CT molecular complexity index is 381. The van der Waals surface area contributed by atoms with Crippen molar-refractivity contribution in [1.82, 2.24) is 0 Å². The number of hydrogen-bond acceptors (Lipinski definition) is 1. The van der Waals surface area contributed by atoms with Gasteiger partial charge in [-0.25, -0.2) is 0 Å². The van der Waals surface area contributed by atoms with Crippen LogP contribution in [-0.4, -0.2) is 6.54 Å². The highest BCUT2D eigenvalue weighted by Crippen LogP contribution is 2.38. The van der Waals surface area contributed by atoms with Gasteiger partial charge in [-0.15, -0.1) is 0 Å². The molecule has 1 unspecified atom stereocenters. The monoisotopic (exact) mass is 201 g/mol. The quantitative estimate of drug-likeness (QED) is 0.634. The van der Waals surface area contributed by atoms with Gasteiger partial charge < -0.3 is 5.32 Å². The van der Waals surface area contributed by atoms with E-state index >= 15 is 0 Å². The number of aryl methyl sites for hydroxylation is 1. The number of benzene rings is 1. The van der Waals surface area contributed by atoms with E-state index < -0.39 is 0 Å². The van der Waals surface area contributed by atoms with Gasteiger partial charge in [0, 0.05) is 18.2 Å². The molecule has 80 valence electrons. The zero-order valence-electron chi connectivity index (χ0n) is 9.47. The predicted octanol–water partition coefficient (Wildman–Crippen LogP) is 3.48. The van der Waals surface area contributed by atoms with E-state index in [-0.39, 0.29) is 0 Å². The lowest BCUT2D eigenvalue weighted by Crippen LogP contribution is -1.99. The molecule has 0 bridgehead atoms. The first-order valence-electron chi connectivity index (χ1n) is 6.25. The summed E-state index contributed by atoms with van der Waals surface area (Å²) in [4.78, 5) is 0. The first kappa shape index (κ1) is 9.26. The Morgan fingerprint density at radius 1 is 1.13 bits per heavy atom. The highest BCUT2D eigenvalue weighted by Gasteiger charge is 2.23. The molecule has 1 aromatic rings. The molecule has 1 heteroatoms. The molecule has 1 aromatic carbocycles. The lowest BCUT2D eigenvalue weighted by molar-refractivity contribution is 0.712. The minimum Gasteiger partial charge on any atom is -0.384 e. The van der Waals surface area contributed by atoms with Crippen molar-refractivity contribution in [2.24, 2.45) is 0 Å². The van der Waals surface area contributed by atoms with Crippen molar-refractivity contribution in [3.05, 3.63) is 28.8 Å².